The van der Waals surface area contributed by atoms with Crippen molar-refractivity contribution in [3.63, 3.8) is 0 Å². The highest BCUT2D eigenvalue weighted by Crippen LogP contribution is 2.35. The van der Waals surface area contributed by atoms with E-state index in [2.05, 4.69) is 0 Å². The van der Waals surface area contributed by atoms with Crippen molar-refractivity contribution < 1.29 is 9.53 Å². The van der Waals surface area contributed by atoms with Crippen LogP contribution in [0.25, 0.3) is 0 Å². The van der Waals surface area contributed by atoms with Gasteiger partial charge < -0.3 is 4.74 Å². The predicted molar refractivity (Wildman–Crippen MR) is 45.5 cm³/mol. The van der Waals surface area contributed by atoms with Crippen molar-refractivity contribution in [1.82, 2.24) is 0 Å². The van der Waals surface area contributed by atoms with E-state index >= 15 is 0 Å². The van der Waals surface area contributed by atoms with Gasteiger partial charge in [0.25, 0.3) is 0 Å². The summed E-state index contributed by atoms with van der Waals surface area (Å²) in [7, 11) is 0. The first-order valence-electron chi connectivity index (χ1n) is 3.86. The molecule has 3 atom stereocenters. The highest BCUT2D eigenvalue weighted by atomic mass is 35.5. The highest BCUT2D eigenvalue weighted by molar-refractivity contribution is 6.30. The summed E-state index contributed by atoms with van der Waals surface area (Å²) in [5.41, 5.74) is 0. The van der Waals surface area contributed by atoms with Crippen LogP contribution in [-0.4, -0.2) is 19.0 Å². The first-order valence-corrected chi connectivity index (χ1v) is 4.24. The van der Waals surface area contributed by atoms with Crippen molar-refractivity contribution >= 4 is 17.9 Å². The fourth-order valence-corrected chi connectivity index (χ4v) is 1.90. The third-order valence-corrected chi connectivity index (χ3v) is 2.62. The monoisotopic (exact) mass is 183 g/mol. The minimum Gasteiger partial charge on any atom is -0.371 e. The number of allylic oxidation sites excluding steroid dienone is 2. The summed E-state index contributed by atoms with van der Waals surface area (Å²) < 4.78 is 5.36. The van der Waals surface area contributed by atoms with E-state index in [4.69, 9.17) is 16.3 Å². The lowest BCUT2D eigenvalue weighted by Gasteiger charge is -2.18. The quantitative estimate of drug-likeness (QED) is 0.615. The van der Waals surface area contributed by atoms with Gasteiger partial charge in [0.15, 0.2) is 0 Å². The van der Waals surface area contributed by atoms with Crippen LogP contribution in [0.1, 0.15) is 0 Å². The molecule has 1 heterocycles. The molecule has 0 aromatic carbocycles. The van der Waals surface area contributed by atoms with Gasteiger partial charge in [0.05, 0.1) is 12.5 Å². The van der Waals surface area contributed by atoms with Gasteiger partial charge in [-0.1, -0.05) is 23.8 Å². The molecule has 12 heavy (non-hydrogen) atoms. The van der Waals surface area contributed by atoms with E-state index in [0.717, 1.165) is 0 Å². The molecule has 0 saturated carbocycles. The molecule has 1 aliphatic heterocycles. The summed E-state index contributed by atoms with van der Waals surface area (Å²) in [5.74, 6) is -0.0475. The van der Waals surface area contributed by atoms with Crippen molar-refractivity contribution in [2.45, 2.75) is 6.10 Å². The van der Waals surface area contributed by atoms with Crippen LogP contribution in [0.4, 0.5) is 0 Å². The zero-order valence-electron chi connectivity index (χ0n) is 6.37. The van der Waals surface area contributed by atoms with Gasteiger partial charge in [0, 0.05) is 11.0 Å². The zero-order valence-corrected chi connectivity index (χ0v) is 7.12. The van der Waals surface area contributed by atoms with Crippen LogP contribution in [0.5, 0.6) is 0 Å². The maximum Gasteiger partial charge on any atom is 0.204 e. The van der Waals surface area contributed by atoms with Crippen LogP contribution in [-0.2, 0) is 9.53 Å². The van der Waals surface area contributed by atoms with Gasteiger partial charge in [0.1, 0.15) is 6.10 Å². The Balaban J connectivity index is 2.23. The molecule has 0 N–H and O–H groups in total. The predicted octanol–water partition coefficient (Wildman–Crippen LogP) is 1.42. The van der Waals surface area contributed by atoms with Crippen LogP contribution >= 0.6 is 11.6 Å². The van der Waals surface area contributed by atoms with Gasteiger partial charge in [-0.2, -0.15) is 0 Å². The first-order chi connectivity index (χ1) is 5.83. The fourth-order valence-electron chi connectivity index (χ4n) is 1.62. The maximum absolute atomic E-state index is 10.5. The molecule has 63 valence electrons. The van der Waals surface area contributed by atoms with Crippen molar-refractivity contribution in [2.75, 3.05) is 6.61 Å². The summed E-state index contributed by atoms with van der Waals surface area (Å²) in [6, 6.07) is 0. The van der Waals surface area contributed by atoms with E-state index in [9.17, 15) is 4.79 Å². The van der Waals surface area contributed by atoms with Gasteiger partial charge in [0.2, 0.25) is 6.29 Å². The lowest BCUT2D eigenvalue weighted by atomic mass is 9.89. The smallest absolute Gasteiger partial charge is 0.204 e. The summed E-state index contributed by atoms with van der Waals surface area (Å²) in [6.45, 7) is 0.438. The fraction of sp³-hybridized carbons (Fsp3) is 0.444. The molecule has 1 saturated heterocycles. The Morgan fingerprint density at radius 2 is 2.50 bits per heavy atom. The molecule has 1 aliphatic carbocycles. The summed E-state index contributed by atoms with van der Waals surface area (Å²) in [5, 5.41) is 0.681. The zero-order chi connectivity index (χ0) is 8.55. The van der Waals surface area contributed by atoms with Crippen LogP contribution in [0, 0.1) is 11.8 Å². The molecular formula is C9H8ClO2. The molecule has 2 aliphatic rings. The van der Waals surface area contributed by atoms with Crippen molar-refractivity contribution in [3.8, 4) is 0 Å². The van der Waals surface area contributed by atoms with Crippen molar-refractivity contribution in [3.05, 3.63) is 23.3 Å². The Labute approximate surface area is 75.8 Å². The molecule has 0 amide bonds. The number of rotatable bonds is 1. The van der Waals surface area contributed by atoms with Crippen molar-refractivity contribution in [1.29, 1.82) is 0 Å². The van der Waals surface area contributed by atoms with Gasteiger partial charge in [-0.3, -0.25) is 4.79 Å². The average Bonchev–Trinajstić information content (AvgIpc) is 2.49. The molecule has 0 aromatic rings. The van der Waals surface area contributed by atoms with Crippen molar-refractivity contribution in [2.24, 2.45) is 11.8 Å². The number of ether oxygens (including phenoxy) is 1. The number of halogens is 1. The molecule has 2 rings (SSSR count). The SMILES string of the molecule is O=[C]C1COC2C(Cl)=CC=CC12. The molecular weight excluding hydrogens is 176 g/mol. The first kappa shape index (κ1) is 8.02. The van der Waals surface area contributed by atoms with E-state index in [0.29, 0.717) is 11.6 Å². The Morgan fingerprint density at radius 3 is 3.25 bits per heavy atom. The Kier molecular flexibility index (Phi) is 2.03. The third kappa shape index (κ3) is 1.11. The molecule has 3 unspecified atom stereocenters. The Hall–Kier alpha value is -0.600. The minimum atomic E-state index is -0.145. The second-order valence-corrected chi connectivity index (χ2v) is 3.43. The summed E-state index contributed by atoms with van der Waals surface area (Å²) in [6.07, 6.45) is 7.49. The Morgan fingerprint density at radius 1 is 1.67 bits per heavy atom. The lowest BCUT2D eigenvalue weighted by Crippen LogP contribution is -2.21. The summed E-state index contributed by atoms with van der Waals surface area (Å²) >= 11 is 5.89. The number of hydrogen-bond acceptors (Lipinski definition) is 2. The molecule has 1 fully saturated rings. The average molecular weight is 184 g/mol. The van der Waals surface area contributed by atoms with Crippen LogP contribution in [0.2, 0.25) is 0 Å². The van der Waals surface area contributed by atoms with Gasteiger partial charge in [-0.05, 0) is 6.08 Å². The number of hydrogen-bond donors (Lipinski definition) is 0. The van der Waals surface area contributed by atoms with Crippen LogP contribution in [0.3, 0.4) is 0 Å². The van der Waals surface area contributed by atoms with E-state index in [1.165, 1.54) is 0 Å². The second kappa shape index (κ2) is 3.04. The largest absolute Gasteiger partial charge is 0.371 e. The van der Waals surface area contributed by atoms with Crippen LogP contribution in [0.15, 0.2) is 23.3 Å². The molecule has 1 radical (unpaired) electrons. The van der Waals surface area contributed by atoms with Gasteiger partial charge in [-0.25, -0.2) is 0 Å². The molecule has 0 aromatic heterocycles. The van der Waals surface area contributed by atoms with E-state index < -0.39 is 0 Å². The standard InChI is InChI=1S/C9H8ClO2/c10-8-3-1-2-7-6(4-11)5-12-9(7)8/h1-3,6-7,9H,5H2. The number of fused-ring (bicyclic) bond motifs is 1. The maximum atomic E-state index is 10.5. The Bertz CT molecular complexity index is 257. The van der Waals surface area contributed by atoms with Gasteiger partial charge >= 0.3 is 0 Å². The third-order valence-electron chi connectivity index (χ3n) is 2.28. The normalized spacial score (nSPS) is 39.1. The molecule has 0 bridgehead atoms. The molecule has 3 heteroatoms. The molecule has 2 nitrogen and oxygen atoms in total. The lowest BCUT2D eigenvalue weighted by molar-refractivity contribution is 0.130. The summed E-state index contributed by atoms with van der Waals surface area (Å²) in [4.78, 5) is 10.5. The topological polar surface area (TPSA) is 26.3 Å². The van der Waals surface area contributed by atoms with E-state index in [1.54, 1.807) is 6.08 Å². The van der Waals surface area contributed by atoms with Gasteiger partial charge in [-0.15, -0.1) is 0 Å². The highest BCUT2D eigenvalue weighted by Gasteiger charge is 2.38. The number of carbonyl (C=O) groups excluding carboxylic acids is 1. The minimum absolute atomic E-state index is 0.0972. The second-order valence-electron chi connectivity index (χ2n) is 2.99. The van der Waals surface area contributed by atoms with E-state index in [1.807, 2.05) is 18.4 Å². The van der Waals surface area contributed by atoms with E-state index in [-0.39, 0.29) is 17.9 Å². The van der Waals surface area contributed by atoms with Crippen LogP contribution < -0.4 is 0 Å². The molecule has 0 spiro atoms.